The maximum absolute atomic E-state index is 10.9. The van der Waals surface area contributed by atoms with Gasteiger partial charge < -0.3 is 5.32 Å². The zero-order valence-corrected chi connectivity index (χ0v) is 10.2. The summed E-state index contributed by atoms with van der Waals surface area (Å²) in [7, 11) is 0. The van der Waals surface area contributed by atoms with E-state index in [2.05, 4.69) is 10.4 Å². The third-order valence-corrected chi connectivity index (χ3v) is 2.56. The summed E-state index contributed by atoms with van der Waals surface area (Å²) in [6, 6.07) is 6.12. The highest BCUT2D eigenvalue weighted by Crippen LogP contribution is 2.28. The highest BCUT2D eigenvalue weighted by atomic mass is 16.6. The van der Waals surface area contributed by atoms with Gasteiger partial charge in [0.05, 0.1) is 28.4 Å². The molecule has 0 saturated heterocycles. The first-order chi connectivity index (χ1) is 9.13. The van der Waals surface area contributed by atoms with Gasteiger partial charge in [0, 0.05) is 18.8 Å². The van der Waals surface area contributed by atoms with Crippen LogP contribution in [0.3, 0.4) is 0 Å². The Balaban J connectivity index is 2.37. The molecule has 0 radical (unpaired) electrons. The van der Waals surface area contributed by atoms with Crippen LogP contribution in [0, 0.1) is 21.4 Å². The molecule has 7 heteroatoms. The summed E-state index contributed by atoms with van der Waals surface area (Å²) in [5.41, 5.74) is 1.19. The summed E-state index contributed by atoms with van der Waals surface area (Å²) in [4.78, 5) is 10.4. The molecule has 0 atom stereocenters. The first-order valence-electron chi connectivity index (χ1n) is 5.62. The second-order valence-corrected chi connectivity index (χ2v) is 3.81. The topological polar surface area (TPSA) is 96.8 Å². The first kappa shape index (κ1) is 12.6. The fourth-order valence-corrected chi connectivity index (χ4v) is 1.62. The van der Waals surface area contributed by atoms with Gasteiger partial charge in [0.1, 0.15) is 5.69 Å². The van der Waals surface area contributed by atoms with Crippen LogP contribution < -0.4 is 5.32 Å². The zero-order valence-electron chi connectivity index (χ0n) is 10.2. The van der Waals surface area contributed by atoms with Gasteiger partial charge in [-0.05, 0) is 19.1 Å². The van der Waals surface area contributed by atoms with E-state index < -0.39 is 4.92 Å². The summed E-state index contributed by atoms with van der Waals surface area (Å²) in [6.07, 6.45) is 3.31. The molecule has 19 heavy (non-hydrogen) atoms. The smallest absolute Gasteiger partial charge is 0.292 e. The monoisotopic (exact) mass is 257 g/mol. The Morgan fingerprint density at radius 1 is 1.58 bits per heavy atom. The van der Waals surface area contributed by atoms with E-state index in [1.807, 2.05) is 13.0 Å². The lowest BCUT2D eigenvalue weighted by Gasteiger charge is -2.04. The van der Waals surface area contributed by atoms with E-state index in [-0.39, 0.29) is 11.4 Å². The van der Waals surface area contributed by atoms with Crippen molar-refractivity contribution in [3.05, 3.63) is 46.3 Å². The van der Waals surface area contributed by atoms with Crippen LogP contribution in [-0.4, -0.2) is 14.7 Å². The second-order valence-electron chi connectivity index (χ2n) is 3.81. The van der Waals surface area contributed by atoms with E-state index >= 15 is 0 Å². The summed E-state index contributed by atoms with van der Waals surface area (Å²) >= 11 is 0. The molecule has 0 aliphatic heterocycles. The van der Waals surface area contributed by atoms with Crippen LogP contribution in [0.5, 0.6) is 0 Å². The van der Waals surface area contributed by atoms with Crippen molar-refractivity contribution in [2.45, 2.75) is 13.5 Å². The molecule has 7 nitrogen and oxygen atoms in total. The number of nitro groups is 1. The van der Waals surface area contributed by atoms with E-state index in [1.54, 1.807) is 17.1 Å². The highest BCUT2D eigenvalue weighted by Gasteiger charge is 2.14. The Bertz CT molecular complexity index is 656. The number of hydrogen-bond donors (Lipinski definition) is 1. The standard InChI is InChI=1S/C12H11N5O2/c1-2-16-8-10(7-14-16)15-11-5-9(6-13)3-4-12(11)17(18)19/h3-5,7-8,15H,2H2,1H3. The fourth-order valence-electron chi connectivity index (χ4n) is 1.62. The van der Waals surface area contributed by atoms with Crippen molar-refractivity contribution in [2.75, 3.05) is 5.32 Å². The van der Waals surface area contributed by atoms with Gasteiger partial charge in [-0.2, -0.15) is 10.4 Å². The van der Waals surface area contributed by atoms with Crippen molar-refractivity contribution >= 4 is 17.1 Å². The minimum Gasteiger partial charge on any atom is -0.347 e. The van der Waals surface area contributed by atoms with Crippen molar-refractivity contribution < 1.29 is 4.92 Å². The van der Waals surface area contributed by atoms with Crippen LogP contribution in [-0.2, 0) is 6.54 Å². The van der Waals surface area contributed by atoms with Crippen LogP contribution in [0.1, 0.15) is 12.5 Å². The van der Waals surface area contributed by atoms with Gasteiger partial charge in [-0.25, -0.2) is 0 Å². The molecule has 2 aromatic rings. The molecule has 0 fully saturated rings. The second kappa shape index (κ2) is 5.18. The third kappa shape index (κ3) is 2.69. The average molecular weight is 257 g/mol. The van der Waals surface area contributed by atoms with Crippen molar-refractivity contribution in [3.8, 4) is 6.07 Å². The number of nitro benzene ring substituents is 1. The van der Waals surface area contributed by atoms with E-state index in [0.717, 1.165) is 0 Å². The molecule has 1 heterocycles. The molecule has 96 valence electrons. The number of aromatic nitrogens is 2. The number of aryl methyl sites for hydroxylation is 1. The minimum atomic E-state index is -0.492. The van der Waals surface area contributed by atoms with Gasteiger partial charge in [-0.1, -0.05) is 0 Å². The van der Waals surface area contributed by atoms with Gasteiger partial charge in [-0.3, -0.25) is 14.8 Å². The molecule has 1 aromatic heterocycles. The molecule has 0 saturated carbocycles. The number of nitriles is 1. The van der Waals surface area contributed by atoms with Gasteiger partial charge in [0.15, 0.2) is 0 Å². The number of nitrogens with zero attached hydrogens (tertiary/aromatic N) is 4. The molecule has 0 unspecified atom stereocenters. The quantitative estimate of drug-likeness (QED) is 0.670. The normalized spacial score (nSPS) is 9.89. The summed E-state index contributed by atoms with van der Waals surface area (Å²) in [6.45, 7) is 2.65. The number of hydrogen-bond acceptors (Lipinski definition) is 5. The summed E-state index contributed by atoms with van der Waals surface area (Å²) in [5, 5.41) is 26.7. The number of anilines is 2. The highest BCUT2D eigenvalue weighted by molar-refractivity contribution is 5.70. The van der Waals surface area contributed by atoms with Crippen molar-refractivity contribution in [1.82, 2.24) is 9.78 Å². The maximum Gasteiger partial charge on any atom is 0.292 e. The molecule has 0 bridgehead atoms. The van der Waals surface area contributed by atoms with Crippen LogP contribution in [0.15, 0.2) is 30.6 Å². The SMILES string of the molecule is CCn1cc(Nc2cc(C#N)ccc2[N+](=O)[O-])cn1. The average Bonchev–Trinajstić information content (AvgIpc) is 2.86. The lowest BCUT2D eigenvalue weighted by Crippen LogP contribution is -1.97. The van der Waals surface area contributed by atoms with E-state index in [4.69, 9.17) is 5.26 Å². The van der Waals surface area contributed by atoms with E-state index in [0.29, 0.717) is 17.8 Å². The van der Waals surface area contributed by atoms with Gasteiger partial charge in [0.2, 0.25) is 0 Å². The Labute approximate surface area is 109 Å². The lowest BCUT2D eigenvalue weighted by atomic mass is 10.2. The summed E-state index contributed by atoms with van der Waals surface area (Å²) in [5.74, 6) is 0. The summed E-state index contributed by atoms with van der Waals surface area (Å²) < 4.78 is 1.70. The lowest BCUT2D eigenvalue weighted by molar-refractivity contribution is -0.383. The molecule has 0 amide bonds. The molecule has 0 aliphatic carbocycles. The first-order valence-corrected chi connectivity index (χ1v) is 5.62. The van der Waals surface area contributed by atoms with Gasteiger partial charge in [-0.15, -0.1) is 0 Å². The number of nitrogens with one attached hydrogen (secondary N) is 1. The van der Waals surface area contributed by atoms with Gasteiger partial charge in [0.25, 0.3) is 5.69 Å². The molecular weight excluding hydrogens is 246 g/mol. The van der Waals surface area contributed by atoms with Crippen LogP contribution >= 0.6 is 0 Å². The zero-order chi connectivity index (χ0) is 13.8. The predicted octanol–water partition coefficient (Wildman–Crippen LogP) is 2.43. The maximum atomic E-state index is 10.9. The fraction of sp³-hybridized carbons (Fsp3) is 0.167. The Kier molecular flexibility index (Phi) is 3.43. The Hall–Kier alpha value is -2.88. The Morgan fingerprint density at radius 3 is 2.95 bits per heavy atom. The molecular formula is C12H11N5O2. The van der Waals surface area contributed by atoms with Crippen LogP contribution in [0.2, 0.25) is 0 Å². The van der Waals surface area contributed by atoms with Crippen LogP contribution in [0.4, 0.5) is 17.1 Å². The molecule has 2 rings (SSSR count). The predicted molar refractivity (Wildman–Crippen MR) is 69.0 cm³/mol. The number of rotatable bonds is 4. The molecule has 0 aliphatic rings. The van der Waals surface area contributed by atoms with Crippen LogP contribution in [0.25, 0.3) is 0 Å². The minimum absolute atomic E-state index is 0.0803. The third-order valence-electron chi connectivity index (χ3n) is 2.56. The van der Waals surface area contributed by atoms with E-state index in [9.17, 15) is 10.1 Å². The van der Waals surface area contributed by atoms with Gasteiger partial charge >= 0.3 is 0 Å². The number of benzene rings is 1. The molecule has 1 N–H and O–H groups in total. The Morgan fingerprint density at radius 2 is 2.37 bits per heavy atom. The van der Waals surface area contributed by atoms with Crippen molar-refractivity contribution in [2.24, 2.45) is 0 Å². The van der Waals surface area contributed by atoms with Crippen molar-refractivity contribution in [1.29, 1.82) is 5.26 Å². The van der Waals surface area contributed by atoms with E-state index in [1.165, 1.54) is 18.2 Å². The molecule has 0 spiro atoms. The van der Waals surface area contributed by atoms with Crippen molar-refractivity contribution in [3.63, 3.8) is 0 Å². The molecule has 1 aromatic carbocycles. The largest absolute Gasteiger partial charge is 0.347 e.